The van der Waals surface area contributed by atoms with Crippen LogP contribution in [0.2, 0.25) is 0 Å². The van der Waals surface area contributed by atoms with Crippen molar-refractivity contribution in [3.63, 3.8) is 0 Å². The number of esters is 1. The third-order valence-electron chi connectivity index (χ3n) is 1.26. The van der Waals surface area contributed by atoms with Crippen LogP contribution in [-0.4, -0.2) is 28.8 Å². The van der Waals surface area contributed by atoms with Gasteiger partial charge in [-0.2, -0.15) is 0 Å². The summed E-state index contributed by atoms with van der Waals surface area (Å²) >= 11 is 0. The van der Waals surface area contributed by atoms with Gasteiger partial charge in [0.15, 0.2) is 0 Å². The van der Waals surface area contributed by atoms with E-state index in [4.69, 9.17) is 5.11 Å². The number of hydrogen-bond acceptors (Lipinski definition) is 5. The second kappa shape index (κ2) is 3.70. The van der Waals surface area contributed by atoms with E-state index >= 15 is 0 Å². The van der Waals surface area contributed by atoms with Crippen molar-refractivity contribution in [3.8, 4) is 0 Å². The smallest absolute Gasteiger partial charge is 0.378 e. The van der Waals surface area contributed by atoms with E-state index in [2.05, 4.69) is 14.4 Å². The van der Waals surface area contributed by atoms with E-state index in [1.165, 1.54) is 0 Å². The number of rotatable bonds is 3. The maximum atomic E-state index is 11.0. The molecule has 0 saturated carbocycles. The third kappa shape index (κ3) is 1.84. The Labute approximate surface area is 73.1 Å². The molecular weight excluding hydrogens is 178 g/mol. The predicted octanol–water partition coefficient (Wildman–Crippen LogP) is 0.550. The Hall–Kier alpha value is -1.85. The maximum absolute atomic E-state index is 11.0. The first kappa shape index (κ1) is 9.24. The van der Waals surface area contributed by atoms with Crippen LogP contribution in [0.4, 0.5) is 0 Å². The molecule has 0 saturated heterocycles. The summed E-state index contributed by atoms with van der Waals surface area (Å²) in [5.74, 6) is -2.48. The quantitative estimate of drug-likeness (QED) is 0.691. The molecule has 0 aliphatic heterocycles. The minimum Gasteiger partial charge on any atom is -0.477 e. The Balaban J connectivity index is 2.93. The second-order valence-corrected chi connectivity index (χ2v) is 2.09. The van der Waals surface area contributed by atoms with E-state index in [0.717, 1.165) is 6.20 Å². The lowest BCUT2D eigenvalue weighted by molar-refractivity contribution is 0.0468. The summed E-state index contributed by atoms with van der Waals surface area (Å²) in [7, 11) is 0. The minimum atomic E-state index is -1.27. The van der Waals surface area contributed by atoms with Crippen LogP contribution < -0.4 is 0 Å². The fourth-order valence-electron chi connectivity index (χ4n) is 0.736. The molecule has 6 heteroatoms. The highest BCUT2D eigenvalue weighted by atomic mass is 16.6. The number of ether oxygens (including phenoxy) is 1. The zero-order valence-corrected chi connectivity index (χ0v) is 6.81. The number of nitrogens with zero attached hydrogens (tertiary/aromatic N) is 1. The molecule has 70 valence electrons. The normalized spacial score (nSPS) is 9.62. The van der Waals surface area contributed by atoms with E-state index in [9.17, 15) is 9.59 Å². The first-order chi connectivity index (χ1) is 6.16. The van der Waals surface area contributed by atoms with Crippen LogP contribution in [0.25, 0.3) is 0 Å². The Bertz CT molecular complexity index is 329. The molecule has 0 spiro atoms. The molecule has 1 heterocycles. The standard InChI is InChI=1S/C7H7NO5/c1-2-12-7(11)5-4(6(9)10)3-8-13-5/h3H,2H2,1H3,(H,9,10). The summed E-state index contributed by atoms with van der Waals surface area (Å²) in [4.78, 5) is 21.5. The topological polar surface area (TPSA) is 89.6 Å². The summed E-state index contributed by atoms with van der Waals surface area (Å²) in [5, 5.41) is 11.8. The van der Waals surface area contributed by atoms with Gasteiger partial charge in [-0.05, 0) is 6.92 Å². The summed E-state index contributed by atoms with van der Waals surface area (Å²) in [5.41, 5.74) is -0.293. The maximum Gasteiger partial charge on any atom is 0.378 e. The molecule has 0 unspecified atom stereocenters. The highest BCUT2D eigenvalue weighted by molar-refractivity contribution is 5.99. The largest absolute Gasteiger partial charge is 0.477 e. The average molecular weight is 185 g/mol. The van der Waals surface area contributed by atoms with Crippen molar-refractivity contribution >= 4 is 11.9 Å². The van der Waals surface area contributed by atoms with Gasteiger partial charge in [0, 0.05) is 0 Å². The van der Waals surface area contributed by atoms with Crippen LogP contribution in [0.1, 0.15) is 27.8 Å². The molecule has 0 fully saturated rings. The molecule has 0 aliphatic carbocycles. The molecule has 13 heavy (non-hydrogen) atoms. The summed E-state index contributed by atoms with van der Waals surface area (Å²) in [6.07, 6.45) is 0.953. The van der Waals surface area contributed by atoms with Gasteiger partial charge in [0.25, 0.3) is 5.76 Å². The molecule has 1 aromatic heterocycles. The van der Waals surface area contributed by atoms with Gasteiger partial charge in [-0.1, -0.05) is 5.16 Å². The molecule has 1 aromatic rings. The van der Waals surface area contributed by atoms with Crippen molar-refractivity contribution in [3.05, 3.63) is 17.5 Å². The van der Waals surface area contributed by atoms with Crippen LogP contribution in [0, 0.1) is 0 Å². The molecule has 0 radical (unpaired) electrons. The Morgan fingerprint density at radius 1 is 1.69 bits per heavy atom. The molecule has 0 aliphatic rings. The Morgan fingerprint density at radius 2 is 2.38 bits per heavy atom. The number of carboxylic acid groups (broad SMARTS) is 1. The monoisotopic (exact) mass is 185 g/mol. The van der Waals surface area contributed by atoms with E-state index in [1.807, 2.05) is 0 Å². The summed E-state index contributed by atoms with van der Waals surface area (Å²) in [6, 6.07) is 0. The van der Waals surface area contributed by atoms with Crippen molar-refractivity contribution in [2.45, 2.75) is 6.92 Å². The predicted molar refractivity (Wildman–Crippen MR) is 39.4 cm³/mol. The van der Waals surface area contributed by atoms with E-state index in [1.54, 1.807) is 6.92 Å². The van der Waals surface area contributed by atoms with Gasteiger partial charge in [0.1, 0.15) is 5.56 Å². The third-order valence-corrected chi connectivity index (χ3v) is 1.26. The molecule has 0 aromatic carbocycles. The van der Waals surface area contributed by atoms with Gasteiger partial charge in [0.05, 0.1) is 12.8 Å². The summed E-state index contributed by atoms with van der Waals surface area (Å²) in [6.45, 7) is 1.76. The molecule has 1 N–H and O–H groups in total. The molecule has 6 nitrogen and oxygen atoms in total. The molecule has 0 bridgehead atoms. The van der Waals surface area contributed by atoms with Crippen molar-refractivity contribution < 1.29 is 24.0 Å². The minimum absolute atomic E-state index is 0.151. The van der Waals surface area contributed by atoms with Crippen LogP contribution >= 0.6 is 0 Å². The molecule has 1 rings (SSSR count). The first-order valence-corrected chi connectivity index (χ1v) is 3.52. The second-order valence-electron chi connectivity index (χ2n) is 2.09. The number of aromatic carboxylic acids is 1. The van der Waals surface area contributed by atoms with Gasteiger partial charge in [-0.25, -0.2) is 9.59 Å². The fraction of sp³-hybridized carbons (Fsp3) is 0.286. The zero-order chi connectivity index (χ0) is 9.84. The number of carbonyl (C=O) groups excluding carboxylic acids is 1. The van der Waals surface area contributed by atoms with Gasteiger partial charge >= 0.3 is 11.9 Å². The Morgan fingerprint density at radius 3 is 2.92 bits per heavy atom. The van der Waals surface area contributed by atoms with E-state index in [0.29, 0.717) is 0 Å². The molecule has 0 amide bonds. The number of hydrogen-bond donors (Lipinski definition) is 1. The highest BCUT2D eigenvalue weighted by Crippen LogP contribution is 2.09. The molecular formula is C7H7NO5. The van der Waals surface area contributed by atoms with Crippen molar-refractivity contribution in [2.75, 3.05) is 6.61 Å². The molecule has 0 atom stereocenters. The first-order valence-electron chi connectivity index (χ1n) is 3.52. The Kier molecular flexibility index (Phi) is 2.63. The SMILES string of the molecule is CCOC(=O)c1oncc1C(=O)O. The lowest BCUT2D eigenvalue weighted by Crippen LogP contribution is -2.08. The number of carbonyl (C=O) groups is 2. The zero-order valence-electron chi connectivity index (χ0n) is 6.81. The van der Waals surface area contributed by atoms with Crippen LogP contribution in [0.15, 0.2) is 10.7 Å². The fourth-order valence-corrected chi connectivity index (χ4v) is 0.736. The van der Waals surface area contributed by atoms with Crippen LogP contribution in [-0.2, 0) is 4.74 Å². The van der Waals surface area contributed by atoms with E-state index in [-0.39, 0.29) is 17.9 Å². The number of carboxylic acids is 1. The van der Waals surface area contributed by atoms with Gasteiger partial charge in [-0.15, -0.1) is 0 Å². The average Bonchev–Trinajstić information content (AvgIpc) is 2.52. The lowest BCUT2D eigenvalue weighted by Gasteiger charge is -1.96. The van der Waals surface area contributed by atoms with Crippen LogP contribution in [0.3, 0.4) is 0 Å². The lowest BCUT2D eigenvalue weighted by atomic mass is 10.3. The van der Waals surface area contributed by atoms with Gasteiger partial charge < -0.3 is 14.4 Å². The van der Waals surface area contributed by atoms with E-state index < -0.39 is 11.9 Å². The van der Waals surface area contributed by atoms with Gasteiger partial charge in [-0.3, -0.25) is 0 Å². The highest BCUT2D eigenvalue weighted by Gasteiger charge is 2.22. The van der Waals surface area contributed by atoms with Crippen molar-refractivity contribution in [1.29, 1.82) is 0 Å². The van der Waals surface area contributed by atoms with Crippen LogP contribution in [0.5, 0.6) is 0 Å². The summed E-state index contributed by atoms with van der Waals surface area (Å²) < 4.78 is 8.98. The van der Waals surface area contributed by atoms with Gasteiger partial charge in [0.2, 0.25) is 0 Å². The van der Waals surface area contributed by atoms with Crippen molar-refractivity contribution in [1.82, 2.24) is 5.16 Å². The number of aromatic nitrogens is 1. The van der Waals surface area contributed by atoms with Crippen molar-refractivity contribution in [2.24, 2.45) is 0 Å².